The SMILES string of the molecule is Cc1cc(C(O)C2CC(C)CC(C)C2)sc1C. The lowest BCUT2D eigenvalue weighted by molar-refractivity contribution is 0.0576. The van der Waals surface area contributed by atoms with Crippen LogP contribution in [0.3, 0.4) is 0 Å². The summed E-state index contributed by atoms with van der Waals surface area (Å²) in [7, 11) is 0. The van der Waals surface area contributed by atoms with Crippen molar-refractivity contribution in [3.63, 3.8) is 0 Å². The van der Waals surface area contributed by atoms with Gasteiger partial charge < -0.3 is 5.11 Å². The molecule has 3 unspecified atom stereocenters. The molecule has 1 aliphatic carbocycles. The zero-order valence-corrected chi connectivity index (χ0v) is 12.2. The number of aliphatic hydroxyl groups is 1. The topological polar surface area (TPSA) is 20.2 Å². The van der Waals surface area contributed by atoms with Gasteiger partial charge in [0.25, 0.3) is 0 Å². The van der Waals surface area contributed by atoms with Crippen molar-refractivity contribution in [3.05, 3.63) is 21.4 Å². The molecule has 2 heteroatoms. The average Bonchev–Trinajstić information content (AvgIpc) is 2.57. The molecule has 0 aromatic carbocycles. The first-order chi connectivity index (χ1) is 7.97. The van der Waals surface area contributed by atoms with Gasteiger partial charge in [-0.1, -0.05) is 13.8 Å². The molecule has 0 amide bonds. The lowest BCUT2D eigenvalue weighted by atomic mass is 9.74. The monoisotopic (exact) mass is 252 g/mol. The first kappa shape index (κ1) is 13.1. The molecule has 1 aliphatic rings. The molecule has 1 N–H and O–H groups in total. The van der Waals surface area contributed by atoms with Gasteiger partial charge in [0.2, 0.25) is 0 Å². The fourth-order valence-corrected chi connectivity index (χ4v) is 4.37. The number of rotatable bonds is 2. The predicted octanol–water partition coefficient (Wildman–Crippen LogP) is 4.47. The Morgan fingerprint density at radius 1 is 1.18 bits per heavy atom. The van der Waals surface area contributed by atoms with Crippen LogP contribution >= 0.6 is 11.3 Å². The van der Waals surface area contributed by atoms with Crippen LogP contribution in [0.2, 0.25) is 0 Å². The van der Waals surface area contributed by atoms with Gasteiger partial charge in [-0.05, 0) is 62.5 Å². The van der Waals surface area contributed by atoms with Crippen LogP contribution in [0.5, 0.6) is 0 Å². The molecule has 3 atom stereocenters. The first-order valence-electron chi connectivity index (χ1n) is 6.72. The quantitative estimate of drug-likeness (QED) is 0.823. The smallest absolute Gasteiger partial charge is 0.0910 e. The highest BCUT2D eigenvalue weighted by molar-refractivity contribution is 7.12. The molecule has 1 aromatic heterocycles. The van der Waals surface area contributed by atoms with Crippen LogP contribution in [-0.2, 0) is 0 Å². The van der Waals surface area contributed by atoms with E-state index < -0.39 is 0 Å². The summed E-state index contributed by atoms with van der Waals surface area (Å²) in [6.07, 6.45) is 3.45. The van der Waals surface area contributed by atoms with E-state index in [9.17, 15) is 5.11 Å². The Hall–Kier alpha value is -0.340. The van der Waals surface area contributed by atoms with E-state index in [4.69, 9.17) is 0 Å². The molecule has 17 heavy (non-hydrogen) atoms. The van der Waals surface area contributed by atoms with Gasteiger partial charge in [-0.3, -0.25) is 0 Å². The maximum absolute atomic E-state index is 10.5. The number of hydrogen-bond donors (Lipinski definition) is 1. The highest BCUT2D eigenvalue weighted by atomic mass is 32.1. The van der Waals surface area contributed by atoms with Crippen LogP contribution in [0.1, 0.15) is 54.5 Å². The van der Waals surface area contributed by atoms with Crippen LogP contribution in [-0.4, -0.2) is 5.11 Å². The van der Waals surface area contributed by atoms with Crippen molar-refractivity contribution in [2.24, 2.45) is 17.8 Å². The maximum Gasteiger partial charge on any atom is 0.0910 e. The Morgan fingerprint density at radius 2 is 1.76 bits per heavy atom. The van der Waals surface area contributed by atoms with Gasteiger partial charge in [0, 0.05) is 9.75 Å². The van der Waals surface area contributed by atoms with Gasteiger partial charge in [0.1, 0.15) is 0 Å². The van der Waals surface area contributed by atoms with E-state index in [1.54, 1.807) is 11.3 Å². The van der Waals surface area contributed by atoms with E-state index in [2.05, 4.69) is 33.8 Å². The second kappa shape index (κ2) is 5.11. The van der Waals surface area contributed by atoms with Crippen LogP contribution in [0.4, 0.5) is 0 Å². The van der Waals surface area contributed by atoms with Crippen molar-refractivity contribution in [2.75, 3.05) is 0 Å². The van der Waals surface area contributed by atoms with Gasteiger partial charge in [0.15, 0.2) is 0 Å². The van der Waals surface area contributed by atoms with Crippen molar-refractivity contribution in [1.82, 2.24) is 0 Å². The third-order valence-electron chi connectivity index (χ3n) is 4.14. The lowest BCUT2D eigenvalue weighted by Crippen LogP contribution is -2.24. The largest absolute Gasteiger partial charge is 0.387 e. The van der Waals surface area contributed by atoms with E-state index in [1.165, 1.54) is 34.6 Å². The van der Waals surface area contributed by atoms with Crippen molar-refractivity contribution in [1.29, 1.82) is 0 Å². The zero-order chi connectivity index (χ0) is 12.6. The number of aryl methyl sites for hydroxylation is 2. The van der Waals surface area contributed by atoms with Crippen molar-refractivity contribution in [3.8, 4) is 0 Å². The second-order valence-electron chi connectivity index (χ2n) is 6.01. The molecule has 1 nitrogen and oxygen atoms in total. The highest BCUT2D eigenvalue weighted by Gasteiger charge is 2.30. The Labute approximate surface area is 109 Å². The normalized spacial score (nSPS) is 31.5. The van der Waals surface area contributed by atoms with Gasteiger partial charge in [-0.2, -0.15) is 0 Å². The minimum Gasteiger partial charge on any atom is -0.387 e. The van der Waals surface area contributed by atoms with Crippen LogP contribution < -0.4 is 0 Å². The predicted molar refractivity (Wildman–Crippen MR) is 74.4 cm³/mol. The van der Waals surface area contributed by atoms with Gasteiger partial charge in [-0.15, -0.1) is 11.3 Å². The molecule has 1 saturated carbocycles. The summed E-state index contributed by atoms with van der Waals surface area (Å²) in [4.78, 5) is 2.52. The lowest BCUT2D eigenvalue weighted by Gasteiger charge is -2.34. The molecule has 0 aliphatic heterocycles. The third-order valence-corrected chi connectivity index (χ3v) is 5.36. The Morgan fingerprint density at radius 3 is 2.24 bits per heavy atom. The average molecular weight is 252 g/mol. The summed E-state index contributed by atoms with van der Waals surface area (Å²) in [5, 5.41) is 10.5. The molecule has 2 rings (SSSR count). The number of hydrogen-bond acceptors (Lipinski definition) is 2. The van der Waals surface area contributed by atoms with E-state index in [1.807, 2.05) is 0 Å². The van der Waals surface area contributed by atoms with Crippen LogP contribution in [0.25, 0.3) is 0 Å². The fraction of sp³-hybridized carbons (Fsp3) is 0.733. The number of aliphatic hydroxyl groups excluding tert-OH is 1. The van der Waals surface area contributed by atoms with Crippen LogP contribution in [0, 0.1) is 31.6 Å². The Balaban J connectivity index is 2.11. The van der Waals surface area contributed by atoms with Crippen molar-refractivity contribution < 1.29 is 5.11 Å². The van der Waals surface area contributed by atoms with E-state index in [0.717, 1.165) is 11.8 Å². The first-order valence-corrected chi connectivity index (χ1v) is 7.54. The third kappa shape index (κ3) is 2.92. The second-order valence-corrected chi connectivity index (χ2v) is 7.30. The molecule has 0 saturated heterocycles. The zero-order valence-electron chi connectivity index (χ0n) is 11.4. The van der Waals surface area contributed by atoms with Gasteiger partial charge in [-0.25, -0.2) is 0 Å². The summed E-state index contributed by atoms with van der Waals surface area (Å²) in [6.45, 7) is 8.91. The molecule has 0 radical (unpaired) electrons. The summed E-state index contributed by atoms with van der Waals surface area (Å²) >= 11 is 1.77. The summed E-state index contributed by atoms with van der Waals surface area (Å²) < 4.78 is 0. The molecule has 1 heterocycles. The number of thiophene rings is 1. The molecule has 0 spiro atoms. The summed E-state index contributed by atoms with van der Waals surface area (Å²) in [6, 6.07) is 2.18. The Kier molecular flexibility index (Phi) is 3.94. The van der Waals surface area contributed by atoms with E-state index >= 15 is 0 Å². The van der Waals surface area contributed by atoms with Crippen molar-refractivity contribution >= 4 is 11.3 Å². The molecule has 1 fully saturated rings. The summed E-state index contributed by atoms with van der Waals surface area (Å²) in [5.74, 6) is 1.99. The molecular formula is C15H24OS. The molecule has 96 valence electrons. The summed E-state index contributed by atoms with van der Waals surface area (Å²) in [5.41, 5.74) is 1.32. The van der Waals surface area contributed by atoms with Crippen molar-refractivity contribution in [2.45, 2.75) is 53.1 Å². The minimum absolute atomic E-state index is 0.238. The molecule has 1 aromatic rings. The molecular weight excluding hydrogens is 228 g/mol. The Bertz CT molecular complexity index is 353. The minimum atomic E-state index is -0.238. The van der Waals surface area contributed by atoms with E-state index in [-0.39, 0.29) is 6.10 Å². The maximum atomic E-state index is 10.5. The van der Waals surface area contributed by atoms with Crippen LogP contribution in [0.15, 0.2) is 6.07 Å². The standard InChI is InChI=1S/C15H24OS/c1-9-5-10(2)7-13(6-9)15(16)14-8-11(3)12(4)17-14/h8-10,13,15-16H,5-7H2,1-4H3. The van der Waals surface area contributed by atoms with Gasteiger partial charge in [0.05, 0.1) is 6.10 Å². The van der Waals surface area contributed by atoms with E-state index in [0.29, 0.717) is 5.92 Å². The van der Waals surface area contributed by atoms with Gasteiger partial charge >= 0.3 is 0 Å². The fourth-order valence-electron chi connectivity index (χ4n) is 3.25. The molecule has 0 bridgehead atoms. The highest BCUT2D eigenvalue weighted by Crippen LogP contribution is 2.41.